The molecule has 2 aromatic rings. The number of H-pyrrole nitrogens is 1. The number of likely N-dealkylation sites (N-methyl/N-ethyl adjacent to an activating group) is 1. The van der Waals surface area contributed by atoms with Crippen LogP contribution in [0.3, 0.4) is 0 Å². The first-order valence-corrected chi connectivity index (χ1v) is 6.47. The monoisotopic (exact) mass is 313 g/mol. The van der Waals surface area contributed by atoms with E-state index in [0.717, 1.165) is 27.3 Å². The lowest BCUT2D eigenvalue weighted by Crippen LogP contribution is -2.19. The zero-order valence-electron chi connectivity index (χ0n) is 9.37. The summed E-state index contributed by atoms with van der Waals surface area (Å²) >= 11 is 9.50. The first-order valence-electron chi connectivity index (χ1n) is 5.30. The van der Waals surface area contributed by atoms with Crippen LogP contribution in [0.25, 0.3) is 0 Å². The summed E-state index contributed by atoms with van der Waals surface area (Å²) in [6, 6.07) is 6.10. The van der Waals surface area contributed by atoms with Crippen molar-refractivity contribution in [2.24, 2.45) is 0 Å². The smallest absolute Gasteiger partial charge is 0.107 e. The lowest BCUT2D eigenvalue weighted by molar-refractivity contribution is 0.578. The fourth-order valence-corrected chi connectivity index (χ4v) is 2.65. The second kappa shape index (κ2) is 5.67. The predicted octanol–water partition coefficient (Wildman–Crippen LogP) is 3.33. The molecule has 0 aliphatic carbocycles. The third kappa shape index (κ3) is 3.31. The standard InChI is InChI=1S/C12H13BrClN3/c1-15-11(7-12-16-2-3-17-12)8-4-9(13)6-10(14)5-8/h2-6,11,15H,7H2,1H3,(H,16,17). The molecule has 0 aliphatic heterocycles. The summed E-state index contributed by atoms with van der Waals surface area (Å²) in [6.45, 7) is 0. The number of imidazole rings is 1. The van der Waals surface area contributed by atoms with Gasteiger partial charge < -0.3 is 10.3 Å². The highest BCUT2D eigenvalue weighted by Crippen LogP contribution is 2.25. The van der Waals surface area contributed by atoms with Gasteiger partial charge in [-0.3, -0.25) is 0 Å². The van der Waals surface area contributed by atoms with E-state index in [1.165, 1.54) is 0 Å². The lowest BCUT2D eigenvalue weighted by atomic mass is 10.0. The molecule has 1 aromatic carbocycles. The quantitative estimate of drug-likeness (QED) is 0.909. The molecule has 0 spiro atoms. The van der Waals surface area contributed by atoms with Crippen LogP contribution in [0.4, 0.5) is 0 Å². The maximum absolute atomic E-state index is 6.05. The van der Waals surface area contributed by atoms with E-state index in [9.17, 15) is 0 Å². The van der Waals surface area contributed by atoms with E-state index in [0.29, 0.717) is 0 Å². The number of halogens is 2. The van der Waals surface area contributed by atoms with Crippen molar-refractivity contribution in [3.05, 3.63) is 51.5 Å². The fraction of sp³-hybridized carbons (Fsp3) is 0.250. The van der Waals surface area contributed by atoms with E-state index >= 15 is 0 Å². The van der Waals surface area contributed by atoms with Crippen LogP contribution < -0.4 is 5.32 Å². The molecular weight excluding hydrogens is 302 g/mol. The van der Waals surface area contributed by atoms with E-state index in [1.54, 1.807) is 6.20 Å². The van der Waals surface area contributed by atoms with Crippen LogP contribution in [0.5, 0.6) is 0 Å². The zero-order chi connectivity index (χ0) is 12.3. The molecule has 1 atom stereocenters. The molecule has 0 aliphatic rings. The summed E-state index contributed by atoms with van der Waals surface area (Å²) in [5.41, 5.74) is 1.14. The highest BCUT2D eigenvalue weighted by molar-refractivity contribution is 9.10. The summed E-state index contributed by atoms with van der Waals surface area (Å²) in [5.74, 6) is 0.959. The van der Waals surface area contributed by atoms with Gasteiger partial charge in [0.05, 0.1) is 0 Å². The molecule has 1 heterocycles. The Labute approximate surface area is 114 Å². The largest absolute Gasteiger partial charge is 0.349 e. The number of aromatic amines is 1. The third-order valence-corrected chi connectivity index (χ3v) is 3.26. The minimum atomic E-state index is 0.191. The maximum Gasteiger partial charge on any atom is 0.107 e. The Morgan fingerprint density at radius 2 is 2.29 bits per heavy atom. The van der Waals surface area contributed by atoms with Crippen molar-refractivity contribution in [1.29, 1.82) is 0 Å². The molecule has 0 radical (unpaired) electrons. The minimum Gasteiger partial charge on any atom is -0.349 e. The molecule has 0 fully saturated rings. The van der Waals surface area contributed by atoms with Gasteiger partial charge in [0, 0.05) is 34.4 Å². The van der Waals surface area contributed by atoms with Gasteiger partial charge in [0.25, 0.3) is 0 Å². The number of nitrogens with one attached hydrogen (secondary N) is 2. The molecule has 5 heteroatoms. The van der Waals surface area contributed by atoms with Gasteiger partial charge in [0.1, 0.15) is 5.82 Å². The number of benzene rings is 1. The van der Waals surface area contributed by atoms with Crippen LogP contribution in [0, 0.1) is 0 Å². The molecule has 1 unspecified atom stereocenters. The van der Waals surface area contributed by atoms with Gasteiger partial charge in [-0.1, -0.05) is 27.5 Å². The molecule has 3 nitrogen and oxygen atoms in total. The van der Waals surface area contributed by atoms with Gasteiger partial charge in [-0.25, -0.2) is 4.98 Å². The van der Waals surface area contributed by atoms with Crippen molar-refractivity contribution in [2.45, 2.75) is 12.5 Å². The molecule has 17 heavy (non-hydrogen) atoms. The number of aromatic nitrogens is 2. The van der Waals surface area contributed by atoms with Crippen molar-refractivity contribution < 1.29 is 0 Å². The number of rotatable bonds is 4. The highest BCUT2D eigenvalue weighted by atomic mass is 79.9. The fourth-order valence-electron chi connectivity index (χ4n) is 1.77. The van der Waals surface area contributed by atoms with E-state index < -0.39 is 0 Å². The second-order valence-electron chi connectivity index (χ2n) is 3.78. The van der Waals surface area contributed by atoms with Crippen LogP contribution in [0.15, 0.2) is 35.1 Å². The van der Waals surface area contributed by atoms with Gasteiger partial charge >= 0.3 is 0 Å². The van der Waals surface area contributed by atoms with Gasteiger partial charge in [-0.15, -0.1) is 0 Å². The van der Waals surface area contributed by atoms with E-state index in [2.05, 4.69) is 37.3 Å². The molecule has 0 saturated carbocycles. The second-order valence-corrected chi connectivity index (χ2v) is 5.14. The lowest BCUT2D eigenvalue weighted by Gasteiger charge is -2.16. The van der Waals surface area contributed by atoms with Crippen LogP contribution in [0.1, 0.15) is 17.4 Å². The SMILES string of the molecule is CNC(Cc1ncc[nH]1)c1cc(Cl)cc(Br)c1. The van der Waals surface area contributed by atoms with E-state index in [-0.39, 0.29) is 6.04 Å². The summed E-state index contributed by atoms with van der Waals surface area (Å²) in [7, 11) is 1.93. The zero-order valence-corrected chi connectivity index (χ0v) is 11.7. The normalized spacial score (nSPS) is 12.6. The van der Waals surface area contributed by atoms with Crippen LogP contribution in [-0.4, -0.2) is 17.0 Å². The molecule has 2 rings (SSSR count). The predicted molar refractivity (Wildman–Crippen MR) is 73.2 cm³/mol. The molecule has 1 aromatic heterocycles. The Hall–Kier alpha value is -0.840. The molecular formula is C12H13BrClN3. The Kier molecular flexibility index (Phi) is 4.20. The Balaban J connectivity index is 2.22. The van der Waals surface area contributed by atoms with Gasteiger partial charge in [-0.05, 0) is 30.8 Å². The average molecular weight is 315 g/mol. The van der Waals surface area contributed by atoms with Crippen LogP contribution in [0.2, 0.25) is 5.02 Å². The highest BCUT2D eigenvalue weighted by Gasteiger charge is 2.12. The first kappa shape index (κ1) is 12.6. The van der Waals surface area contributed by atoms with Gasteiger partial charge in [0.15, 0.2) is 0 Å². The minimum absolute atomic E-state index is 0.191. The van der Waals surface area contributed by atoms with Gasteiger partial charge in [0.2, 0.25) is 0 Å². The topological polar surface area (TPSA) is 40.7 Å². The van der Waals surface area contributed by atoms with Crippen molar-refractivity contribution >= 4 is 27.5 Å². The maximum atomic E-state index is 6.05. The molecule has 90 valence electrons. The van der Waals surface area contributed by atoms with Crippen LogP contribution in [-0.2, 0) is 6.42 Å². The summed E-state index contributed by atoms with van der Waals surface area (Å²) in [4.78, 5) is 7.34. The molecule has 2 N–H and O–H groups in total. The summed E-state index contributed by atoms with van der Waals surface area (Å²) in [6.07, 6.45) is 4.39. The molecule has 0 amide bonds. The third-order valence-electron chi connectivity index (χ3n) is 2.59. The molecule has 0 saturated heterocycles. The van der Waals surface area contributed by atoms with Crippen LogP contribution >= 0.6 is 27.5 Å². The molecule has 0 bridgehead atoms. The first-order chi connectivity index (χ1) is 8.19. The number of nitrogens with zero attached hydrogens (tertiary/aromatic N) is 1. The number of hydrogen-bond acceptors (Lipinski definition) is 2. The van der Waals surface area contributed by atoms with Crippen molar-refractivity contribution in [3.63, 3.8) is 0 Å². The Bertz CT molecular complexity index is 464. The Morgan fingerprint density at radius 1 is 1.47 bits per heavy atom. The summed E-state index contributed by atoms with van der Waals surface area (Å²) in [5, 5.41) is 4.00. The summed E-state index contributed by atoms with van der Waals surface area (Å²) < 4.78 is 0.986. The van der Waals surface area contributed by atoms with Crippen molar-refractivity contribution in [3.8, 4) is 0 Å². The average Bonchev–Trinajstić information content (AvgIpc) is 2.77. The Morgan fingerprint density at radius 3 is 2.88 bits per heavy atom. The van der Waals surface area contributed by atoms with E-state index in [1.807, 2.05) is 25.4 Å². The number of hydrogen-bond donors (Lipinski definition) is 2. The van der Waals surface area contributed by atoms with Gasteiger partial charge in [-0.2, -0.15) is 0 Å². The van der Waals surface area contributed by atoms with E-state index in [4.69, 9.17) is 11.6 Å². The van der Waals surface area contributed by atoms with Crippen molar-refractivity contribution in [2.75, 3.05) is 7.05 Å². The van der Waals surface area contributed by atoms with Crippen molar-refractivity contribution in [1.82, 2.24) is 15.3 Å².